The molecule has 0 unspecified atom stereocenters. The molecule has 29 heavy (non-hydrogen) atoms. The Bertz CT molecular complexity index is 827. The lowest BCUT2D eigenvalue weighted by molar-refractivity contribution is -0.122. The van der Waals surface area contributed by atoms with Crippen LogP contribution in [-0.4, -0.2) is 37.0 Å². The summed E-state index contributed by atoms with van der Waals surface area (Å²) in [7, 11) is 0. The molecular formula is C24H28N2O3. The van der Waals surface area contributed by atoms with Crippen molar-refractivity contribution >= 4 is 11.6 Å². The average molecular weight is 392 g/mol. The van der Waals surface area contributed by atoms with Crippen LogP contribution >= 0.6 is 0 Å². The molecular weight excluding hydrogens is 364 g/mol. The monoisotopic (exact) mass is 392 g/mol. The van der Waals surface area contributed by atoms with Gasteiger partial charge >= 0.3 is 0 Å². The fraction of sp³-hybridized carbons (Fsp3) is 0.417. The highest BCUT2D eigenvalue weighted by Gasteiger charge is 2.23. The summed E-state index contributed by atoms with van der Waals surface area (Å²) in [5.74, 6) is 0.0587. The van der Waals surface area contributed by atoms with Crippen LogP contribution in [0.25, 0.3) is 11.1 Å². The predicted molar refractivity (Wildman–Crippen MR) is 114 cm³/mol. The highest BCUT2D eigenvalue weighted by molar-refractivity contribution is 6.01. The molecule has 1 N–H and O–H groups in total. The molecule has 2 heterocycles. The maximum absolute atomic E-state index is 12.1. The molecule has 2 aromatic rings. The molecule has 2 aliphatic heterocycles. The number of amides is 1. The largest absolute Gasteiger partial charge is 0.390 e. The van der Waals surface area contributed by atoms with Crippen LogP contribution in [0.15, 0.2) is 59.8 Å². The maximum Gasteiger partial charge on any atom is 0.220 e. The summed E-state index contributed by atoms with van der Waals surface area (Å²) in [6.45, 7) is 1.31. The lowest BCUT2D eigenvalue weighted by atomic mass is 10.00. The van der Waals surface area contributed by atoms with Crippen LogP contribution in [0.4, 0.5) is 0 Å². The number of benzene rings is 2. The third kappa shape index (κ3) is 5.45. The van der Waals surface area contributed by atoms with Crippen molar-refractivity contribution in [3.05, 3.63) is 60.2 Å². The SMILES string of the molecule is O=C(CC[C@H]1CCCCO1)NC[C@@H]1CC(c2ccc(-c3ccccc3)cc2)=NO1. The van der Waals surface area contributed by atoms with Gasteiger partial charge in [-0.1, -0.05) is 59.8 Å². The number of hydrogen-bond donors (Lipinski definition) is 1. The van der Waals surface area contributed by atoms with Gasteiger partial charge in [0.25, 0.3) is 0 Å². The molecule has 4 rings (SSSR count). The quantitative estimate of drug-likeness (QED) is 0.764. The Labute approximate surface area is 172 Å². The van der Waals surface area contributed by atoms with Crippen molar-refractivity contribution < 1.29 is 14.4 Å². The molecule has 1 fully saturated rings. The van der Waals surface area contributed by atoms with Gasteiger partial charge in [-0.2, -0.15) is 0 Å². The summed E-state index contributed by atoms with van der Waals surface area (Å²) in [6, 6.07) is 18.7. The molecule has 1 amide bonds. The van der Waals surface area contributed by atoms with E-state index in [2.05, 4.69) is 46.9 Å². The van der Waals surface area contributed by atoms with Gasteiger partial charge in [-0.15, -0.1) is 0 Å². The molecule has 5 heteroatoms. The van der Waals surface area contributed by atoms with Crippen LogP contribution in [0, 0.1) is 0 Å². The summed E-state index contributed by atoms with van der Waals surface area (Å²) in [4.78, 5) is 17.6. The van der Waals surface area contributed by atoms with E-state index in [4.69, 9.17) is 9.57 Å². The van der Waals surface area contributed by atoms with Gasteiger partial charge in [0, 0.05) is 19.4 Å². The van der Waals surface area contributed by atoms with Crippen LogP contribution < -0.4 is 5.32 Å². The summed E-state index contributed by atoms with van der Waals surface area (Å²) >= 11 is 0. The second-order valence-corrected chi connectivity index (χ2v) is 7.74. The number of rotatable bonds is 7. The first kappa shape index (κ1) is 19.6. The molecule has 0 saturated carbocycles. The number of carbonyl (C=O) groups excluding carboxylic acids is 1. The molecule has 0 spiro atoms. The van der Waals surface area contributed by atoms with Crippen molar-refractivity contribution in [1.82, 2.24) is 5.32 Å². The van der Waals surface area contributed by atoms with Crippen LogP contribution in [0.1, 0.15) is 44.1 Å². The van der Waals surface area contributed by atoms with Crippen molar-refractivity contribution in [3.8, 4) is 11.1 Å². The molecule has 5 nitrogen and oxygen atoms in total. The zero-order chi connectivity index (χ0) is 19.9. The van der Waals surface area contributed by atoms with E-state index in [0.717, 1.165) is 37.1 Å². The minimum Gasteiger partial charge on any atom is -0.390 e. The fourth-order valence-corrected chi connectivity index (χ4v) is 3.84. The van der Waals surface area contributed by atoms with Crippen LogP contribution in [0.5, 0.6) is 0 Å². The maximum atomic E-state index is 12.1. The van der Waals surface area contributed by atoms with E-state index in [9.17, 15) is 4.79 Å². The smallest absolute Gasteiger partial charge is 0.220 e. The molecule has 152 valence electrons. The summed E-state index contributed by atoms with van der Waals surface area (Å²) < 4.78 is 5.68. The van der Waals surface area contributed by atoms with E-state index >= 15 is 0 Å². The Balaban J connectivity index is 1.21. The number of carbonyl (C=O) groups is 1. The number of nitrogens with one attached hydrogen (secondary N) is 1. The molecule has 0 radical (unpaired) electrons. The second-order valence-electron chi connectivity index (χ2n) is 7.74. The van der Waals surface area contributed by atoms with E-state index < -0.39 is 0 Å². The molecule has 0 aromatic heterocycles. The van der Waals surface area contributed by atoms with E-state index in [1.165, 1.54) is 17.5 Å². The van der Waals surface area contributed by atoms with Gasteiger partial charge in [0.05, 0.1) is 18.4 Å². The lowest BCUT2D eigenvalue weighted by Crippen LogP contribution is -2.33. The van der Waals surface area contributed by atoms with Crippen molar-refractivity contribution in [2.24, 2.45) is 5.16 Å². The molecule has 2 aliphatic rings. The van der Waals surface area contributed by atoms with Gasteiger partial charge in [0.15, 0.2) is 0 Å². The van der Waals surface area contributed by atoms with Gasteiger partial charge < -0.3 is 14.9 Å². The fourth-order valence-electron chi connectivity index (χ4n) is 3.84. The molecule has 2 atom stereocenters. The first-order chi connectivity index (χ1) is 14.3. The van der Waals surface area contributed by atoms with E-state index in [1.54, 1.807) is 0 Å². The van der Waals surface area contributed by atoms with E-state index in [0.29, 0.717) is 19.4 Å². The minimum absolute atomic E-state index is 0.0587. The standard InChI is InChI=1S/C24H28N2O3/c27-24(14-13-21-8-4-5-15-28-21)25-17-22-16-23(26-29-22)20-11-9-19(10-12-20)18-6-2-1-3-7-18/h1-3,6-7,9-12,21-22H,4-5,8,13-17H2,(H,25,27)/t21-,22+/m1/s1. The van der Waals surface area contributed by atoms with Crippen molar-refractivity contribution in [3.63, 3.8) is 0 Å². The Hall–Kier alpha value is -2.66. The average Bonchev–Trinajstić information content (AvgIpc) is 3.27. The van der Waals surface area contributed by atoms with Gasteiger partial charge in [-0.25, -0.2) is 0 Å². The Morgan fingerprint density at radius 2 is 1.72 bits per heavy atom. The number of nitrogens with zero attached hydrogens (tertiary/aromatic N) is 1. The van der Waals surface area contributed by atoms with Crippen LogP contribution in [0.3, 0.4) is 0 Å². The third-order valence-corrected chi connectivity index (χ3v) is 5.55. The van der Waals surface area contributed by atoms with Crippen molar-refractivity contribution in [2.45, 2.75) is 50.7 Å². The highest BCUT2D eigenvalue weighted by atomic mass is 16.6. The summed E-state index contributed by atoms with van der Waals surface area (Å²) in [5.41, 5.74) is 4.37. The van der Waals surface area contributed by atoms with Gasteiger partial charge in [0.1, 0.15) is 6.10 Å². The topological polar surface area (TPSA) is 59.9 Å². The zero-order valence-electron chi connectivity index (χ0n) is 16.7. The molecule has 2 aromatic carbocycles. The minimum atomic E-state index is -0.103. The highest BCUT2D eigenvalue weighted by Crippen LogP contribution is 2.22. The normalized spacial score (nSPS) is 21.3. The van der Waals surface area contributed by atoms with Gasteiger partial charge in [-0.05, 0) is 42.4 Å². The van der Waals surface area contributed by atoms with Crippen molar-refractivity contribution in [1.29, 1.82) is 0 Å². The van der Waals surface area contributed by atoms with Gasteiger partial charge in [0.2, 0.25) is 5.91 Å². The lowest BCUT2D eigenvalue weighted by Gasteiger charge is -2.22. The third-order valence-electron chi connectivity index (χ3n) is 5.55. The number of hydrogen-bond acceptors (Lipinski definition) is 4. The van der Waals surface area contributed by atoms with Gasteiger partial charge in [-0.3, -0.25) is 4.79 Å². The first-order valence-electron chi connectivity index (χ1n) is 10.5. The Morgan fingerprint density at radius 1 is 0.966 bits per heavy atom. The van der Waals surface area contributed by atoms with E-state index in [-0.39, 0.29) is 18.1 Å². The number of oxime groups is 1. The Morgan fingerprint density at radius 3 is 2.48 bits per heavy atom. The van der Waals surface area contributed by atoms with Crippen LogP contribution in [-0.2, 0) is 14.4 Å². The summed E-state index contributed by atoms with van der Waals surface area (Å²) in [6.07, 6.45) is 5.56. The van der Waals surface area contributed by atoms with Crippen LogP contribution in [0.2, 0.25) is 0 Å². The second kappa shape index (κ2) is 9.70. The van der Waals surface area contributed by atoms with Crippen molar-refractivity contribution in [2.75, 3.05) is 13.2 Å². The summed E-state index contributed by atoms with van der Waals surface area (Å²) in [5, 5.41) is 7.21. The number of ether oxygens (including phenoxy) is 1. The molecule has 0 bridgehead atoms. The zero-order valence-corrected chi connectivity index (χ0v) is 16.7. The Kier molecular flexibility index (Phi) is 6.57. The van der Waals surface area contributed by atoms with E-state index in [1.807, 2.05) is 18.2 Å². The molecule has 1 saturated heterocycles. The molecule has 0 aliphatic carbocycles. The first-order valence-corrected chi connectivity index (χ1v) is 10.5. The predicted octanol–water partition coefficient (Wildman–Crippen LogP) is 4.31.